The summed E-state index contributed by atoms with van der Waals surface area (Å²) >= 11 is 0. The van der Waals surface area contributed by atoms with Crippen LogP contribution in [0.1, 0.15) is 12.8 Å². The molecule has 0 aromatic rings. The van der Waals surface area contributed by atoms with Gasteiger partial charge in [-0.05, 0) is 0 Å². The van der Waals surface area contributed by atoms with E-state index in [4.69, 9.17) is 0 Å². The number of cyclic esters (lactones) is 3. The zero-order valence-electron chi connectivity index (χ0n) is 7.43. The van der Waals surface area contributed by atoms with Gasteiger partial charge in [-0.15, -0.1) is 0 Å². The Labute approximate surface area is 83.3 Å². The fourth-order valence-corrected chi connectivity index (χ4v) is 1.35. The van der Waals surface area contributed by atoms with Gasteiger partial charge in [-0.1, -0.05) is 0 Å². The van der Waals surface area contributed by atoms with E-state index in [0.29, 0.717) is 0 Å². The molecular formula is C8H6O7. The van der Waals surface area contributed by atoms with E-state index in [-0.39, 0.29) is 12.8 Å². The second-order valence-electron chi connectivity index (χ2n) is 3.13. The van der Waals surface area contributed by atoms with Crippen LogP contribution in [0.4, 0.5) is 0 Å². The highest BCUT2D eigenvalue weighted by molar-refractivity contribution is 6.35. The van der Waals surface area contributed by atoms with Gasteiger partial charge in [0.2, 0.25) is 5.78 Å². The number of hydrogen-bond donors (Lipinski definition) is 0. The number of ketones is 1. The third-order valence-electron chi connectivity index (χ3n) is 2.01. The maximum absolute atomic E-state index is 10.8. The van der Waals surface area contributed by atoms with Crippen molar-refractivity contribution in [3.05, 3.63) is 0 Å². The lowest BCUT2D eigenvalue weighted by molar-refractivity contribution is -0.153. The molecule has 2 rings (SSSR count). The van der Waals surface area contributed by atoms with Gasteiger partial charge in [-0.2, -0.15) is 0 Å². The molecule has 0 bridgehead atoms. The van der Waals surface area contributed by atoms with Gasteiger partial charge in [0.1, 0.15) is 6.10 Å². The van der Waals surface area contributed by atoms with Crippen molar-refractivity contribution in [1.29, 1.82) is 0 Å². The van der Waals surface area contributed by atoms with E-state index >= 15 is 0 Å². The van der Waals surface area contributed by atoms with E-state index < -0.39 is 36.1 Å². The zero-order valence-corrected chi connectivity index (χ0v) is 7.43. The van der Waals surface area contributed by atoms with Crippen molar-refractivity contribution in [1.82, 2.24) is 0 Å². The third kappa shape index (κ3) is 1.80. The molecule has 2 fully saturated rings. The third-order valence-corrected chi connectivity index (χ3v) is 2.01. The molecule has 2 heterocycles. The molecule has 7 heteroatoms. The highest BCUT2D eigenvalue weighted by Gasteiger charge is 2.40. The van der Waals surface area contributed by atoms with Gasteiger partial charge in [-0.25, -0.2) is 14.4 Å². The fraction of sp³-hybridized carbons (Fsp3) is 0.500. The summed E-state index contributed by atoms with van der Waals surface area (Å²) in [4.78, 5) is 42.7. The molecule has 2 aliphatic rings. The summed E-state index contributed by atoms with van der Waals surface area (Å²) in [6.45, 7) is 0. The quantitative estimate of drug-likeness (QED) is 0.415. The van der Waals surface area contributed by atoms with Crippen LogP contribution in [0, 0.1) is 0 Å². The molecule has 0 aliphatic carbocycles. The van der Waals surface area contributed by atoms with Gasteiger partial charge in [0.25, 0.3) is 6.29 Å². The molecule has 1 unspecified atom stereocenters. The van der Waals surface area contributed by atoms with Crippen molar-refractivity contribution in [2.75, 3.05) is 0 Å². The van der Waals surface area contributed by atoms with E-state index in [2.05, 4.69) is 14.2 Å². The maximum Gasteiger partial charge on any atom is 0.420 e. The van der Waals surface area contributed by atoms with Crippen molar-refractivity contribution < 1.29 is 33.4 Å². The minimum atomic E-state index is -1.07. The Morgan fingerprint density at radius 1 is 0.933 bits per heavy atom. The smallest absolute Gasteiger partial charge is 0.420 e. The summed E-state index contributed by atoms with van der Waals surface area (Å²) in [6.07, 6.45) is -1.83. The average molecular weight is 214 g/mol. The Hall–Kier alpha value is -1.92. The summed E-state index contributed by atoms with van der Waals surface area (Å²) in [5.41, 5.74) is 0. The topological polar surface area (TPSA) is 96.0 Å². The highest BCUT2D eigenvalue weighted by Crippen LogP contribution is 2.20. The molecule has 0 saturated carbocycles. The summed E-state index contributed by atoms with van der Waals surface area (Å²) in [6, 6.07) is 0. The predicted molar refractivity (Wildman–Crippen MR) is 40.1 cm³/mol. The number of ether oxygens (including phenoxy) is 3. The Morgan fingerprint density at radius 3 is 2.00 bits per heavy atom. The molecule has 2 saturated heterocycles. The van der Waals surface area contributed by atoms with Crippen LogP contribution in [0.3, 0.4) is 0 Å². The fourth-order valence-electron chi connectivity index (χ4n) is 1.35. The van der Waals surface area contributed by atoms with Gasteiger partial charge in [0, 0.05) is 0 Å². The first kappa shape index (κ1) is 9.63. The lowest BCUT2D eigenvalue weighted by Gasteiger charge is -2.11. The minimum absolute atomic E-state index is 0.00500. The molecule has 1 atom stereocenters. The van der Waals surface area contributed by atoms with Crippen molar-refractivity contribution in [2.45, 2.75) is 25.2 Å². The zero-order chi connectivity index (χ0) is 11.0. The number of hydrogen-bond acceptors (Lipinski definition) is 7. The van der Waals surface area contributed by atoms with E-state index in [1.807, 2.05) is 0 Å². The lowest BCUT2D eigenvalue weighted by Crippen LogP contribution is -2.18. The summed E-state index contributed by atoms with van der Waals surface area (Å²) < 4.78 is 13.6. The molecule has 0 amide bonds. The standard InChI is InChI=1S/C8H6O7/c9-4-1-3(13-6(4)10)2-5-14-7(11)8(12)15-5/h3,5H,1-2H2. The lowest BCUT2D eigenvalue weighted by atomic mass is 10.1. The van der Waals surface area contributed by atoms with Crippen LogP contribution < -0.4 is 0 Å². The van der Waals surface area contributed by atoms with E-state index in [1.54, 1.807) is 0 Å². The average Bonchev–Trinajstić information content (AvgIpc) is 2.59. The summed E-state index contributed by atoms with van der Waals surface area (Å²) in [7, 11) is 0. The Morgan fingerprint density at radius 2 is 1.53 bits per heavy atom. The normalized spacial score (nSPS) is 26.5. The Balaban J connectivity index is 1.89. The van der Waals surface area contributed by atoms with Crippen LogP contribution in [0.2, 0.25) is 0 Å². The molecule has 80 valence electrons. The number of carbonyl (C=O) groups excluding carboxylic acids is 4. The summed E-state index contributed by atoms with van der Waals surface area (Å²) in [5.74, 6) is -3.68. The second kappa shape index (κ2) is 3.34. The second-order valence-corrected chi connectivity index (χ2v) is 3.13. The maximum atomic E-state index is 10.8. The molecule has 0 radical (unpaired) electrons. The van der Waals surface area contributed by atoms with Crippen molar-refractivity contribution in [3.8, 4) is 0 Å². The first-order valence-corrected chi connectivity index (χ1v) is 4.21. The molecule has 7 nitrogen and oxygen atoms in total. The first-order valence-electron chi connectivity index (χ1n) is 4.21. The monoisotopic (exact) mass is 214 g/mol. The predicted octanol–water partition coefficient (Wildman–Crippen LogP) is -1.31. The molecule has 15 heavy (non-hydrogen) atoms. The highest BCUT2D eigenvalue weighted by atomic mass is 16.8. The van der Waals surface area contributed by atoms with Gasteiger partial charge in [0.05, 0.1) is 12.8 Å². The SMILES string of the molecule is O=C1CC(CC2OC(=O)C(=O)O2)OC1=O. The Bertz CT molecular complexity index is 292. The molecule has 2 aliphatic heterocycles. The van der Waals surface area contributed by atoms with Crippen LogP contribution in [-0.2, 0) is 33.4 Å². The first-order chi connectivity index (χ1) is 7.06. The number of Topliss-reactive ketones (excluding diaryl/α,β-unsaturated/α-hetero) is 1. The van der Waals surface area contributed by atoms with Gasteiger partial charge < -0.3 is 14.2 Å². The molecule has 0 N–H and O–H groups in total. The van der Waals surface area contributed by atoms with Crippen LogP contribution in [0.25, 0.3) is 0 Å². The number of carbonyl (C=O) groups is 4. The summed E-state index contributed by atoms with van der Waals surface area (Å²) in [5, 5.41) is 0. The van der Waals surface area contributed by atoms with E-state index in [0.717, 1.165) is 0 Å². The molecule has 0 spiro atoms. The molecule has 0 aromatic carbocycles. The van der Waals surface area contributed by atoms with Crippen molar-refractivity contribution in [2.24, 2.45) is 0 Å². The van der Waals surface area contributed by atoms with Gasteiger partial charge >= 0.3 is 17.9 Å². The van der Waals surface area contributed by atoms with Crippen LogP contribution in [-0.4, -0.2) is 36.1 Å². The Kier molecular flexibility index (Phi) is 2.14. The van der Waals surface area contributed by atoms with Crippen LogP contribution >= 0.6 is 0 Å². The van der Waals surface area contributed by atoms with Crippen molar-refractivity contribution >= 4 is 23.7 Å². The largest absolute Gasteiger partial charge is 0.456 e. The van der Waals surface area contributed by atoms with Crippen molar-refractivity contribution in [3.63, 3.8) is 0 Å². The minimum Gasteiger partial charge on any atom is -0.456 e. The molecule has 0 aromatic heterocycles. The van der Waals surface area contributed by atoms with Gasteiger partial charge in [0.15, 0.2) is 0 Å². The molecular weight excluding hydrogens is 208 g/mol. The van der Waals surface area contributed by atoms with Crippen LogP contribution in [0.5, 0.6) is 0 Å². The van der Waals surface area contributed by atoms with Gasteiger partial charge in [-0.3, -0.25) is 4.79 Å². The van der Waals surface area contributed by atoms with Crippen LogP contribution in [0.15, 0.2) is 0 Å². The number of esters is 3. The van der Waals surface area contributed by atoms with E-state index in [9.17, 15) is 19.2 Å². The van der Waals surface area contributed by atoms with E-state index in [1.165, 1.54) is 0 Å². The number of rotatable bonds is 2.